The second-order valence-corrected chi connectivity index (χ2v) is 5.59. The number of methoxy groups -OCH3 is 1. The zero-order valence-corrected chi connectivity index (χ0v) is 14.1. The monoisotopic (exact) mass is 328 g/mol. The van der Waals surface area contributed by atoms with E-state index in [9.17, 15) is 4.79 Å². The van der Waals surface area contributed by atoms with Gasteiger partial charge in [-0.2, -0.15) is 0 Å². The van der Waals surface area contributed by atoms with E-state index < -0.39 is 0 Å². The van der Waals surface area contributed by atoms with Crippen molar-refractivity contribution >= 4 is 11.6 Å². The fraction of sp³-hybridized carbons (Fsp3) is 0.316. The molecule has 0 radical (unpaired) electrons. The van der Waals surface area contributed by atoms with Gasteiger partial charge in [0, 0.05) is 18.7 Å². The lowest BCUT2D eigenvalue weighted by Crippen LogP contribution is -2.14. The summed E-state index contributed by atoms with van der Waals surface area (Å²) >= 11 is 0. The molecule has 0 heterocycles. The summed E-state index contributed by atoms with van der Waals surface area (Å²) in [5.74, 6) is 1.66. The molecule has 1 unspecified atom stereocenters. The zero-order valence-electron chi connectivity index (χ0n) is 14.1. The topological polar surface area (TPSA) is 73.6 Å². The van der Waals surface area contributed by atoms with Crippen molar-refractivity contribution in [1.82, 2.24) is 0 Å². The first kappa shape index (κ1) is 17.8. The minimum Gasteiger partial charge on any atom is -0.497 e. The highest BCUT2D eigenvalue weighted by Crippen LogP contribution is 2.23. The average molecular weight is 328 g/mol. The van der Waals surface area contributed by atoms with E-state index in [1.165, 1.54) is 0 Å². The maximum Gasteiger partial charge on any atom is 0.224 e. The van der Waals surface area contributed by atoms with E-state index in [2.05, 4.69) is 5.32 Å². The van der Waals surface area contributed by atoms with Gasteiger partial charge in [0.1, 0.15) is 18.1 Å². The molecule has 2 rings (SSSR count). The molecule has 0 fully saturated rings. The van der Waals surface area contributed by atoms with Gasteiger partial charge < -0.3 is 20.5 Å². The number of hydrogen-bond acceptors (Lipinski definition) is 4. The van der Waals surface area contributed by atoms with E-state index in [1.807, 2.05) is 55.5 Å². The predicted octanol–water partition coefficient (Wildman–Crippen LogP) is 3.17. The summed E-state index contributed by atoms with van der Waals surface area (Å²) in [7, 11) is 1.64. The van der Waals surface area contributed by atoms with E-state index >= 15 is 0 Å². The normalized spacial score (nSPS) is 11.6. The Balaban J connectivity index is 1.87. The Bertz CT molecular complexity index is 639. The lowest BCUT2D eigenvalue weighted by Gasteiger charge is -2.13. The first-order valence-electron chi connectivity index (χ1n) is 7.99. The molecule has 0 aliphatic rings. The molecule has 0 aromatic heterocycles. The molecule has 0 aliphatic carbocycles. The highest BCUT2D eigenvalue weighted by Gasteiger charge is 2.11. The molecule has 5 nitrogen and oxygen atoms in total. The standard InChI is InChI=1S/C19H24N2O3/c1-14(15-3-7-17(23-2)8-4-15)13-19(22)21-16-5-9-18(10-6-16)24-12-11-20/h3-10,14H,11-13,20H2,1-2H3,(H,21,22). The fourth-order valence-corrected chi connectivity index (χ4v) is 2.35. The first-order valence-corrected chi connectivity index (χ1v) is 7.99. The van der Waals surface area contributed by atoms with Gasteiger partial charge >= 0.3 is 0 Å². The van der Waals surface area contributed by atoms with E-state index in [-0.39, 0.29) is 11.8 Å². The van der Waals surface area contributed by atoms with E-state index in [0.717, 1.165) is 22.7 Å². The molecule has 0 bridgehead atoms. The number of rotatable bonds is 8. The highest BCUT2D eigenvalue weighted by atomic mass is 16.5. The van der Waals surface area contributed by atoms with E-state index in [0.29, 0.717) is 19.6 Å². The van der Waals surface area contributed by atoms with Crippen LogP contribution in [0.25, 0.3) is 0 Å². The van der Waals surface area contributed by atoms with Crippen LogP contribution in [0.5, 0.6) is 11.5 Å². The quantitative estimate of drug-likeness (QED) is 0.780. The lowest BCUT2D eigenvalue weighted by molar-refractivity contribution is -0.116. The smallest absolute Gasteiger partial charge is 0.224 e. The lowest BCUT2D eigenvalue weighted by atomic mass is 9.97. The van der Waals surface area contributed by atoms with Crippen LogP contribution in [0.2, 0.25) is 0 Å². The fourth-order valence-electron chi connectivity index (χ4n) is 2.35. The molecule has 1 amide bonds. The van der Waals surface area contributed by atoms with Crippen LogP contribution in [0.3, 0.4) is 0 Å². The van der Waals surface area contributed by atoms with Crippen LogP contribution in [0.4, 0.5) is 5.69 Å². The van der Waals surface area contributed by atoms with Crippen LogP contribution in [0.1, 0.15) is 24.8 Å². The van der Waals surface area contributed by atoms with Gasteiger partial charge in [-0.05, 0) is 47.9 Å². The van der Waals surface area contributed by atoms with Crippen molar-refractivity contribution < 1.29 is 14.3 Å². The van der Waals surface area contributed by atoms with Gasteiger partial charge in [-0.3, -0.25) is 4.79 Å². The molecule has 2 aromatic carbocycles. The van der Waals surface area contributed by atoms with Gasteiger partial charge in [-0.15, -0.1) is 0 Å². The van der Waals surface area contributed by atoms with Crippen LogP contribution in [0.15, 0.2) is 48.5 Å². The van der Waals surface area contributed by atoms with E-state index in [4.69, 9.17) is 15.2 Å². The Kier molecular flexibility index (Phi) is 6.63. The Morgan fingerprint density at radius 1 is 1.08 bits per heavy atom. The summed E-state index contributed by atoms with van der Waals surface area (Å²) in [6.07, 6.45) is 0.414. The van der Waals surface area contributed by atoms with Crippen molar-refractivity contribution in [3.05, 3.63) is 54.1 Å². The molecule has 3 N–H and O–H groups in total. The van der Waals surface area contributed by atoms with Gasteiger partial charge in [0.2, 0.25) is 5.91 Å². The van der Waals surface area contributed by atoms with Crippen LogP contribution in [0, 0.1) is 0 Å². The molecule has 0 aliphatic heterocycles. The number of hydrogen-bond donors (Lipinski definition) is 2. The van der Waals surface area contributed by atoms with E-state index in [1.54, 1.807) is 7.11 Å². The maximum atomic E-state index is 12.2. The van der Waals surface area contributed by atoms with Crippen LogP contribution >= 0.6 is 0 Å². The molecule has 128 valence electrons. The largest absolute Gasteiger partial charge is 0.497 e. The molecular weight excluding hydrogens is 304 g/mol. The molecule has 2 aromatic rings. The van der Waals surface area contributed by atoms with Crippen LogP contribution in [-0.2, 0) is 4.79 Å². The summed E-state index contributed by atoms with van der Waals surface area (Å²) in [5.41, 5.74) is 7.25. The third-order valence-electron chi connectivity index (χ3n) is 3.70. The average Bonchev–Trinajstić information content (AvgIpc) is 2.61. The van der Waals surface area contributed by atoms with Crippen molar-refractivity contribution in [3.8, 4) is 11.5 Å². The van der Waals surface area contributed by atoms with Crippen molar-refractivity contribution in [1.29, 1.82) is 0 Å². The Hall–Kier alpha value is -2.53. The summed E-state index contributed by atoms with van der Waals surface area (Å²) in [4.78, 5) is 12.2. The van der Waals surface area contributed by atoms with Crippen LogP contribution < -0.4 is 20.5 Å². The third-order valence-corrected chi connectivity index (χ3v) is 3.70. The van der Waals surface area contributed by atoms with Gasteiger partial charge in [0.15, 0.2) is 0 Å². The van der Waals surface area contributed by atoms with Gasteiger partial charge in [-0.1, -0.05) is 19.1 Å². The van der Waals surface area contributed by atoms with Gasteiger partial charge in [0.05, 0.1) is 7.11 Å². The summed E-state index contributed by atoms with van der Waals surface area (Å²) < 4.78 is 10.6. The first-order chi connectivity index (χ1) is 11.6. The number of benzene rings is 2. The molecule has 5 heteroatoms. The molecule has 24 heavy (non-hydrogen) atoms. The second-order valence-electron chi connectivity index (χ2n) is 5.59. The highest BCUT2D eigenvalue weighted by molar-refractivity contribution is 5.91. The van der Waals surface area contributed by atoms with Crippen molar-refractivity contribution in [2.24, 2.45) is 5.73 Å². The number of carbonyl (C=O) groups is 1. The Morgan fingerprint density at radius 3 is 2.29 bits per heavy atom. The minimum absolute atomic E-state index is 0.0195. The van der Waals surface area contributed by atoms with Crippen molar-refractivity contribution in [3.63, 3.8) is 0 Å². The number of anilines is 1. The van der Waals surface area contributed by atoms with Crippen LogP contribution in [-0.4, -0.2) is 26.2 Å². The zero-order chi connectivity index (χ0) is 17.4. The molecule has 0 saturated heterocycles. The van der Waals surface area contributed by atoms with Gasteiger partial charge in [-0.25, -0.2) is 0 Å². The SMILES string of the molecule is COc1ccc(C(C)CC(=O)Nc2ccc(OCCN)cc2)cc1. The number of amides is 1. The summed E-state index contributed by atoms with van der Waals surface area (Å²) in [6.45, 7) is 2.98. The number of nitrogens with two attached hydrogens (primary N) is 1. The second kappa shape index (κ2) is 8.93. The number of nitrogens with one attached hydrogen (secondary N) is 1. The molecule has 0 spiro atoms. The third kappa shape index (κ3) is 5.28. The predicted molar refractivity (Wildman–Crippen MR) is 95.6 cm³/mol. The molecule has 1 atom stereocenters. The number of carbonyl (C=O) groups excluding carboxylic acids is 1. The minimum atomic E-state index is -0.0195. The maximum absolute atomic E-state index is 12.2. The number of ether oxygens (including phenoxy) is 2. The summed E-state index contributed by atoms with van der Waals surface area (Å²) in [6, 6.07) is 15.1. The molecular formula is C19H24N2O3. The van der Waals surface area contributed by atoms with Gasteiger partial charge in [0.25, 0.3) is 0 Å². The van der Waals surface area contributed by atoms with Crippen molar-refractivity contribution in [2.75, 3.05) is 25.6 Å². The Labute approximate surface area is 142 Å². The molecule has 0 saturated carbocycles. The Morgan fingerprint density at radius 2 is 1.71 bits per heavy atom. The van der Waals surface area contributed by atoms with Crippen molar-refractivity contribution in [2.45, 2.75) is 19.3 Å². The summed E-state index contributed by atoms with van der Waals surface area (Å²) in [5, 5.41) is 2.90.